The number of rotatable bonds is 4. The standard InChI is InChI=1S/C12H12Cl2O3/c13-9-3-2-8(6-10(9)14)17-12(4-1-5-12)7-11(15)16/h2-3,6H,1,4-5,7H2,(H,15,16). The first-order valence-corrected chi connectivity index (χ1v) is 6.12. The van der Waals surface area contributed by atoms with Crippen molar-refractivity contribution in [3.05, 3.63) is 28.2 Å². The molecule has 0 spiro atoms. The molecular weight excluding hydrogens is 263 g/mol. The first-order chi connectivity index (χ1) is 8.01. The third-order valence-electron chi connectivity index (χ3n) is 2.96. The first kappa shape index (κ1) is 12.5. The van der Waals surface area contributed by atoms with Crippen LogP contribution in [0.15, 0.2) is 18.2 Å². The van der Waals surface area contributed by atoms with Crippen molar-refractivity contribution in [2.75, 3.05) is 0 Å². The molecule has 0 atom stereocenters. The number of carboxylic acids is 1. The highest BCUT2D eigenvalue weighted by Crippen LogP contribution is 2.40. The van der Waals surface area contributed by atoms with Crippen LogP contribution >= 0.6 is 23.2 Å². The average molecular weight is 275 g/mol. The van der Waals surface area contributed by atoms with Crippen molar-refractivity contribution in [3.63, 3.8) is 0 Å². The summed E-state index contributed by atoms with van der Waals surface area (Å²) < 4.78 is 5.76. The second kappa shape index (κ2) is 4.75. The molecule has 2 rings (SSSR count). The van der Waals surface area contributed by atoms with Crippen molar-refractivity contribution < 1.29 is 14.6 Å². The molecule has 0 saturated heterocycles. The van der Waals surface area contributed by atoms with Crippen molar-refractivity contribution in [3.8, 4) is 5.75 Å². The Balaban J connectivity index is 2.13. The van der Waals surface area contributed by atoms with Crippen LogP contribution in [0.3, 0.4) is 0 Å². The van der Waals surface area contributed by atoms with Crippen LogP contribution in [0.25, 0.3) is 0 Å². The van der Waals surface area contributed by atoms with E-state index in [0.29, 0.717) is 15.8 Å². The largest absolute Gasteiger partial charge is 0.487 e. The Labute approximate surface area is 109 Å². The second-order valence-corrected chi connectivity index (χ2v) is 5.10. The molecule has 1 aromatic carbocycles. The fraction of sp³-hybridized carbons (Fsp3) is 0.417. The van der Waals surface area contributed by atoms with E-state index < -0.39 is 11.6 Å². The van der Waals surface area contributed by atoms with Crippen LogP contribution in [0.4, 0.5) is 0 Å². The third kappa shape index (κ3) is 2.85. The van der Waals surface area contributed by atoms with Gasteiger partial charge in [0.1, 0.15) is 11.4 Å². The summed E-state index contributed by atoms with van der Waals surface area (Å²) in [6.07, 6.45) is 2.54. The van der Waals surface area contributed by atoms with E-state index >= 15 is 0 Å². The van der Waals surface area contributed by atoms with E-state index in [9.17, 15) is 4.79 Å². The van der Waals surface area contributed by atoms with Gasteiger partial charge in [-0.3, -0.25) is 4.79 Å². The Morgan fingerprint density at radius 3 is 2.53 bits per heavy atom. The average Bonchev–Trinajstić information content (AvgIpc) is 2.19. The summed E-state index contributed by atoms with van der Waals surface area (Å²) in [5.41, 5.74) is -0.566. The van der Waals surface area contributed by atoms with E-state index in [1.807, 2.05) is 0 Å². The van der Waals surface area contributed by atoms with Gasteiger partial charge in [0.15, 0.2) is 0 Å². The van der Waals surface area contributed by atoms with Crippen molar-refractivity contribution in [1.29, 1.82) is 0 Å². The second-order valence-electron chi connectivity index (χ2n) is 4.29. The lowest BCUT2D eigenvalue weighted by atomic mass is 9.77. The number of hydrogen-bond acceptors (Lipinski definition) is 2. The molecule has 0 aromatic heterocycles. The molecule has 0 aliphatic heterocycles. The number of aliphatic carboxylic acids is 1. The number of halogens is 2. The van der Waals surface area contributed by atoms with Gasteiger partial charge in [0.2, 0.25) is 0 Å². The summed E-state index contributed by atoms with van der Waals surface area (Å²) in [6.45, 7) is 0. The van der Waals surface area contributed by atoms with Crippen molar-refractivity contribution in [2.24, 2.45) is 0 Å². The number of benzene rings is 1. The Kier molecular flexibility index (Phi) is 3.50. The van der Waals surface area contributed by atoms with Crippen LogP contribution in [0.5, 0.6) is 5.75 Å². The fourth-order valence-corrected chi connectivity index (χ4v) is 2.24. The molecule has 1 aliphatic rings. The fourth-order valence-electron chi connectivity index (χ4n) is 1.95. The molecule has 3 nitrogen and oxygen atoms in total. The van der Waals surface area contributed by atoms with E-state index in [0.717, 1.165) is 19.3 Å². The molecule has 92 valence electrons. The lowest BCUT2D eigenvalue weighted by Gasteiger charge is -2.40. The van der Waals surface area contributed by atoms with Crippen LogP contribution in [-0.4, -0.2) is 16.7 Å². The molecule has 0 bridgehead atoms. The molecule has 1 saturated carbocycles. The summed E-state index contributed by atoms with van der Waals surface area (Å²) in [7, 11) is 0. The number of ether oxygens (including phenoxy) is 1. The predicted molar refractivity (Wildman–Crippen MR) is 65.9 cm³/mol. The van der Waals surface area contributed by atoms with Crippen molar-refractivity contribution in [1.82, 2.24) is 0 Å². The molecule has 0 unspecified atom stereocenters. The Morgan fingerprint density at radius 1 is 1.35 bits per heavy atom. The van der Waals surface area contributed by atoms with Crippen LogP contribution < -0.4 is 4.74 Å². The lowest BCUT2D eigenvalue weighted by Crippen LogP contribution is -2.45. The summed E-state index contributed by atoms with van der Waals surface area (Å²) in [6, 6.07) is 4.97. The predicted octanol–water partition coefficient (Wildman–Crippen LogP) is 3.77. The highest BCUT2D eigenvalue weighted by molar-refractivity contribution is 6.42. The molecule has 0 heterocycles. The minimum absolute atomic E-state index is 0.0211. The Morgan fingerprint density at radius 2 is 2.06 bits per heavy atom. The SMILES string of the molecule is O=C(O)CC1(Oc2ccc(Cl)c(Cl)c2)CCC1. The number of hydrogen-bond donors (Lipinski definition) is 1. The highest BCUT2D eigenvalue weighted by Gasteiger charge is 2.41. The molecule has 1 aromatic rings. The zero-order valence-corrected chi connectivity index (χ0v) is 10.6. The monoisotopic (exact) mass is 274 g/mol. The van der Waals surface area contributed by atoms with Crippen LogP contribution in [0.2, 0.25) is 10.0 Å². The minimum atomic E-state index is -0.843. The molecule has 1 fully saturated rings. The van der Waals surface area contributed by atoms with Gasteiger partial charge in [-0.2, -0.15) is 0 Å². The number of carboxylic acid groups (broad SMARTS) is 1. The maximum atomic E-state index is 10.8. The van der Waals surface area contributed by atoms with Gasteiger partial charge < -0.3 is 9.84 Å². The summed E-state index contributed by atoms with van der Waals surface area (Å²) in [4.78, 5) is 10.8. The van der Waals surface area contributed by atoms with Gasteiger partial charge in [-0.05, 0) is 31.4 Å². The molecule has 1 aliphatic carbocycles. The molecule has 5 heteroatoms. The van der Waals surface area contributed by atoms with E-state index in [1.54, 1.807) is 18.2 Å². The quantitative estimate of drug-likeness (QED) is 0.909. The van der Waals surface area contributed by atoms with Gasteiger partial charge >= 0.3 is 5.97 Å². The van der Waals surface area contributed by atoms with Crippen LogP contribution in [-0.2, 0) is 4.79 Å². The lowest BCUT2D eigenvalue weighted by molar-refractivity contribution is -0.144. The summed E-state index contributed by atoms with van der Waals surface area (Å²) in [5.74, 6) is -0.273. The summed E-state index contributed by atoms with van der Waals surface area (Å²) in [5, 5.41) is 9.73. The molecular formula is C12H12Cl2O3. The Hall–Kier alpha value is -0.930. The normalized spacial score (nSPS) is 17.3. The van der Waals surface area contributed by atoms with E-state index in [4.69, 9.17) is 33.0 Å². The zero-order chi connectivity index (χ0) is 12.5. The van der Waals surface area contributed by atoms with Gasteiger partial charge in [0.05, 0.1) is 16.5 Å². The minimum Gasteiger partial charge on any atom is -0.487 e. The zero-order valence-electron chi connectivity index (χ0n) is 9.08. The maximum absolute atomic E-state index is 10.8. The third-order valence-corrected chi connectivity index (χ3v) is 3.70. The van der Waals surface area contributed by atoms with Gasteiger partial charge in [0, 0.05) is 6.07 Å². The van der Waals surface area contributed by atoms with Gasteiger partial charge in [-0.25, -0.2) is 0 Å². The highest BCUT2D eigenvalue weighted by atomic mass is 35.5. The molecule has 17 heavy (non-hydrogen) atoms. The van der Waals surface area contributed by atoms with Crippen LogP contribution in [0.1, 0.15) is 25.7 Å². The van der Waals surface area contributed by atoms with Crippen molar-refractivity contribution >= 4 is 29.2 Å². The van der Waals surface area contributed by atoms with E-state index in [-0.39, 0.29) is 6.42 Å². The molecule has 0 amide bonds. The molecule has 0 radical (unpaired) electrons. The maximum Gasteiger partial charge on any atom is 0.307 e. The Bertz CT molecular complexity index is 441. The number of carbonyl (C=O) groups is 1. The van der Waals surface area contributed by atoms with Gasteiger partial charge in [-0.15, -0.1) is 0 Å². The van der Waals surface area contributed by atoms with E-state index in [1.165, 1.54) is 0 Å². The molecule has 1 N–H and O–H groups in total. The summed E-state index contributed by atoms with van der Waals surface area (Å²) >= 11 is 11.7. The van der Waals surface area contributed by atoms with Gasteiger partial charge in [-0.1, -0.05) is 23.2 Å². The smallest absolute Gasteiger partial charge is 0.307 e. The van der Waals surface area contributed by atoms with Crippen molar-refractivity contribution in [2.45, 2.75) is 31.3 Å². The van der Waals surface area contributed by atoms with Crippen LogP contribution in [0, 0.1) is 0 Å². The van der Waals surface area contributed by atoms with E-state index in [2.05, 4.69) is 0 Å². The topological polar surface area (TPSA) is 46.5 Å². The van der Waals surface area contributed by atoms with Gasteiger partial charge in [0.25, 0.3) is 0 Å². The first-order valence-electron chi connectivity index (χ1n) is 5.37.